The molecule has 7 heteroatoms. The van der Waals surface area contributed by atoms with E-state index in [9.17, 15) is 9.18 Å². The number of rotatable bonds is 6. The number of nitrogens with zero attached hydrogens (tertiary/aromatic N) is 3. The lowest BCUT2D eigenvalue weighted by atomic mass is 10.1. The van der Waals surface area contributed by atoms with E-state index in [4.69, 9.17) is 0 Å². The summed E-state index contributed by atoms with van der Waals surface area (Å²) in [6, 6.07) is 14.7. The van der Waals surface area contributed by atoms with Crippen molar-refractivity contribution in [3.8, 4) is 0 Å². The highest BCUT2D eigenvalue weighted by molar-refractivity contribution is 8.00. The van der Waals surface area contributed by atoms with Gasteiger partial charge in [-0.1, -0.05) is 48.2 Å². The molecule has 2 aromatic carbocycles. The second kappa shape index (κ2) is 8.35. The number of thioether (sulfide) groups is 1. The fourth-order valence-corrected chi connectivity index (χ4v) is 3.50. The molecule has 140 valence electrons. The minimum Gasteiger partial charge on any atom is -0.325 e. The first-order chi connectivity index (χ1) is 13.0. The van der Waals surface area contributed by atoms with Crippen molar-refractivity contribution in [2.75, 3.05) is 5.32 Å². The smallest absolute Gasteiger partial charge is 0.237 e. The van der Waals surface area contributed by atoms with E-state index in [1.165, 1.54) is 17.8 Å². The first kappa shape index (κ1) is 19.1. The Labute approximate surface area is 162 Å². The fraction of sp³-hybridized carbons (Fsp3) is 0.250. The maximum absolute atomic E-state index is 13.7. The monoisotopic (exact) mass is 384 g/mol. The van der Waals surface area contributed by atoms with Crippen LogP contribution in [0, 0.1) is 12.7 Å². The summed E-state index contributed by atoms with van der Waals surface area (Å²) in [5, 5.41) is 11.1. The van der Waals surface area contributed by atoms with Gasteiger partial charge in [0.25, 0.3) is 0 Å². The summed E-state index contributed by atoms with van der Waals surface area (Å²) in [4.78, 5) is 12.5. The van der Waals surface area contributed by atoms with Crippen molar-refractivity contribution in [3.63, 3.8) is 0 Å². The second-order valence-corrected chi connectivity index (χ2v) is 7.63. The van der Waals surface area contributed by atoms with Crippen LogP contribution in [-0.4, -0.2) is 25.9 Å². The zero-order valence-electron chi connectivity index (χ0n) is 15.4. The fourth-order valence-electron chi connectivity index (χ4n) is 2.60. The molecule has 0 bridgehead atoms. The van der Waals surface area contributed by atoms with Crippen molar-refractivity contribution in [1.29, 1.82) is 0 Å². The molecular weight excluding hydrogens is 363 g/mol. The standard InChI is InChI=1S/C20H21FN4OS/c1-13-9-10-17(11-18(13)21)23-19(26)15(3)27-20-24-22-12-25(20)14(2)16-7-5-4-6-8-16/h4-12,14-15H,1-3H3,(H,23,26)/t14-,15-/m1/s1. The molecule has 27 heavy (non-hydrogen) atoms. The zero-order valence-corrected chi connectivity index (χ0v) is 16.2. The van der Waals surface area contributed by atoms with Crippen LogP contribution < -0.4 is 5.32 Å². The van der Waals surface area contributed by atoms with Gasteiger partial charge in [-0.2, -0.15) is 0 Å². The normalized spacial score (nSPS) is 13.2. The van der Waals surface area contributed by atoms with Crippen molar-refractivity contribution < 1.29 is 9.18 Å². The molecule has 0 aliphatic carbocycles. The molecular formula is C20H21FN4OS. The number of nitrogens with one attached hydrogen (secondary N) is 1. The Kier molecular flexibility index (Phi) is 5.91. The quantitative estimate of drug-likeness (QED) is 0.638. The van der Waals surface area contributed by atoms with Crippen LogP contribution in [0.2, 0.25) is 0 Å². The predicted octanol–water partition coefficient (Wildman–Crippen LogP) is 4.45. The Morgan fingerprint density at radius 2 is 1.93 bits per heavy atom. The number of amides is 1. The highest BCUT2D eigenvalue weighted by Gasteiger charge is 2.20. The van der Waals surface area contributed by atoms with Crippen LogP contribution in [0.3, 0.4) is 0 Å². The Balaban J connectivity index is 1.69. The molecule has 0 saturated heterocycles. The van der Waals surface area contributed by atoms with Crippen LogP contribution in [0.4, 0.5) is 10.1 Å². The molecule has 0 fully saturated rings. The summed E-state index contributed by atoms with van der Waals surface area (Å²) in [7, 11) is 0. The van der Waals surface area contributed by atoms with Crippen LogP contribution >= 0.6 is 11.8 Å². The third-order valence-electron chi connectivity index (χ3n) is 4.33. The number of aryl methyl sites for hydroxylation is 1. The van der Waals surface area contributed by atoms with Gasteiger partial charge >= 0.3 is 0 Å². The maximum Gasteiger partial charge on any atom is 0.237 e. The van der Waals surface area contributed by atoms with Crippen molar-refractivity contribution in [1.82, 2.24) is 14.8 Å². The molecule has 1 N–H and O–H groups in total. The largest absolute Gasteiger partial charge is 0.325 e. The van der Waals surface area contributed by atoms with Gasteiger partial charge in [-0.15, -0.1) is 10.2 Å². The lowest BCUT2D eigenvalue weighted by Crippen LogP contribution is -2.23. The number of anilines is 1. The van der Waals surface area contributed by atoms with Gasteiger partial charge in [-0.25, -0.2) is 4.39 Å². The highest BCUT2D eigenvalue weighted by atomic mass is 32.2. The first-order valence-corrected chi connectivity index (χ1v) is 9.52. The van der Waals surface area contributed by atoms with E-state index >= 15 is 0 Å². The molecule has 3 rings (SSSR count). The number of hydrogen-bond acceptors (Lipinski definition) is 4. The number of aromatic nitrogens is 3. The maximum atomic E-state index is 13.7. The molecule has 3 aromatic rings. The molecule has 0 saturated carbocycles. The molecule has 1 aromatic heterocycles. The van der Waals surface area contributed by atoms with Crippen molar-refractivity contribution in [3.05, 3.63) is 71.8 Å². The van der Waals surface area contributed by atoms with Gasteiger partial charge in [-0.3, -0.25) is 4.79 Å². The van der Waals surface area contributed by atoms with Gasteiger partial charge in [0.2, 0.25) is 5.91 Å². The summed E-state index contributed by atoms with van der Waals surface area (Å²) in [6.45, 7) is 5.53. The van der Waals surface area contributed by atoms with Crippen molar-refractivity contribution in [2.24, 2.45) is 0 Å². The Morgan fingerprint density at radius 1 is 1.19 bits per heavy atom. The Morgan fingerprint density at radius 3 is 2.63 bits per heavy atom. The number of carbonyl (C=O) groups is 1. The van der Waals surface area contributed by atoms with Gasteiger partial charge in [-0.05, 0) is 44.0 Å². The van der Waals surface area contributed by atoms with Crippen LogP contribution in [0.5, 0.6) is 0 Å². The average Bonchev–Trinajstić information content (AvgIpc) is 3.12. The summed E-state index contributed by atoms with van der Waals surface area (Å²) >= 11 is 1.32. The molecule has 1 heterocycles. The SMILES string of the molecule is Cc1ccc(NC(=O)[C@@H](C)Sc2nncn2[C@H](C)c2ccccc2)cc1F. The molecule has 0 unspecified atom stereocenters. The summed E-state index contributed by atoms with van der Waals surface area (Å²) in [5.41, 5.74) is 2.11. The van der Waals surface area contributed by atoms with Crippen LogP contribution in [0.25, 0.3) is 0 Å². The van der Waals surface area contributed by atoms with Gasteiger partial charge < -0.3 is 9.88 Å². The van der Waals surface area contributed by atoms with Crippen LogP contribution in [-0.2, 0) is 4.79 Å². The minimum absolute atomic E-state index is 0.0464. The van der Waals surface area contributed by atoms with Crippen LogP contribution in [0.1, 0.15) is 31.0 Å². The number of halogens is 1. The predicted molar refractivity (Wildman–Crippen MR) is 105 cm³/mol. The third-order valence-corrected chi connectivity index (χ3v) is 5.40. The molecule has 0 radical (unpaired) electrons. The summed E-state index contributed by atoms with van der Waals surface area (Å²) in [5.74, 6) is -0.560. The van der Waals surface area contributed by atoms with E-state index in [-0.39, 0.29) is 17.8 Å². The summed E-state index contributed by atoms with van der Waals surface area (Å²) in [6.07, 6.45) is 1.67. The molecule has 2 atom stereocenters. The van der Waals surface area contributed by atoms with E-state index in [0.717, 1.165) is 5.56 Å². The van der Waals surface area contributed by atoms with Gasteiger partial charge in [0.15, 0.2) is 5.16 Å². The van der Waals surface area contributed by atoms with E-state index in [1.54, 1.807) is 32.3 Å². The van der Waals surface area contributed by atoms with E-state index < -0.39 is 5.25 Å². The Bertz CT molecular complexity index is 929. The van der Waals surface area contributed by atoms with Gasteiger partial charge in [0.1, 0.15) is 12.1 Å². The third kappa shape index (κ3) is 4.54. The number of hydrogen-bond donors (Lipinski definition) is 1. The minimum atomic E-state index is -0.416. The van der Waals surface area contributed by atoms with Crippen molar-refractivity contribution >= 4 is 23.4 Å². The zero-order chi connectivity index (χ0) is 19.4. The Hall–Kier alpha value is -2.67. The lowest BCUT2D eigenvalue weighted by Gasteiger charge is -2.17. The lowest BCUT2D eigenvalue weighted by molar-refractivity contribution is -0.115. The molecule has 0 aliphatic heterocycles. The second-order valence-electron chi connectivity index (χ2n) is 6.32. The average molecular weight is 384 g/mol. The number of carbonyl (C=O) groups excluding carboxylic acids is 1. The topological polar surface area (TPSA) is 59.8 Å². The van der Waals surface area contributed by atoms with Crippen LogP contribution in [0.15, 0.2) is 60.0 Å². The molecule has 0 spiro atoms. The van der Waals surface area contributed by atoms with Gasteiger partial charge in [0.05, 0.1) is 11.3 Å². The first-order valence-electron chi connectivity index (χ1n) is 8.64. The van der Waals surface area contributed by atoms with E-state index in [0.29, 0.717) is 16.4 Å². The molecule has 5 nitrogen and oxygen atoms in total. The van der Waals surface area contributed by atoms with E-state index in [1.807, 2.05) is 34.9 Å². The number of benzene rings is 2. The van der Waals surface area contributed by atoms with E-state index in [2.05, 4.69) is 22.4 Å². The molecule has 1 amide bonds. The van der Waals surface area contributed by atoms with Crippen molar-refractivity contribution in [2.45, 2.75) is 37.2 Å². The summed E-state index contributed by atoms with van der Waals surface area (Å²) < 4.78 is 15.6. The molecule has 0 aliphatic rings. The van der Waals surface area contributed by atoms with Gasteiger partial charge in [0, 0.05) is 5.69 Å². The highest BCUT2D eigenvalue weighted by Crippen LogP contribution is 2.27.